The molecule has 32 heavy (non-hydrogen) atoms. The van der Waals surface area contributed by atoms with E-state index in [0.717, 1.165) is 17.7 Å². The first-order chi connectivity index (χ1) is 15.2. The van der Waals surface area contributed by atoms with Crippen LogP contribution in [0.2, 0.25) is 0 Å². The SMILES string of the molecule is CNC(C)C(=O)NC1CCc2ccccc2N(Cc2cc(C(F)(F)F)ccc2OC)C1=O. The topological polar surface area (TPSA) is 70.7 Å². The molecule has 0 radical (unpaired) electrons. The van der Waals surface area contributed by atoms with E-state index in [9.17, 15) is 22.8 Å². The van der Waals surface area contributed by atoms with Gasteiger partial charge in [0, 0.05) is 11.3 Å². The van der Waals surface area contributed by atoms with Crippen molar-refractivity contribution in [1.82, 2.24) is 10.6 Å². The smallest absolute Gasteiger partial charge is 0.416 e. The molecule has 2 atom stereocenters. The number of fused-ring (bicyclic) bond motifs is 1. The highest BCUT2D eigenvalue weighted by molar-refractivity contribution is 6.00. The Kier molecular flexibility index (Phi) is 7.08. The van der Waals surface area contributed by atoms with Crippen molar-refractivity contribution in [2.45, 2.75) is 44.6 Å². The Hall–Kier alpha value is -3.07. The molecular weight excluding hydrogens is 423 g/mol. The van der Waals surface area contributed by atoms with Crippen molar-refractivity contribution in [2.75, 3.05) is 19.1 Å². The fraction of sp³-hybridized carbons (Fsp3) is 0.391. The fourth-order valence-corrected chi connectivity index (χ4v) is 3.69. The molecule has 2 unspecified atom stereocenters. The quantitative estimate of drug-likeness (QED) is 0.710. The number of hydrogen-bond donors (Lipinski definition) is 2. The summed E-state index contributed by atoms with van der Waals surface area (Å²) < 4.78 is 45.2. The summed E-state index contributed by atoms with van der Waals surface area (Å²) in [7, 11) is 3.01. The minimum absolute atomic E-state index is 0.128. The summed E-state index contributed by atoms with van der Waals surface area (Å²) in [6.07, 6.45) is -3.60. The molecule has 0 bridgehead atoms. The molecule has 6 nitrogen and oxygen atoms in total. The molecular formula is C23H26F3N3O3. The van der Waals surface area contributed by atoms with Crippen LogP contribution in [-0.4, -0.2) is 38.1 Å². The van der Waals surface area contributed by atoms with Crippen molar-refractivity contribution < 1.29 is 27.5 Å². The van der Waals surface area contributed by atoms with E-state index in [1.54, 1.807) is 26.1 Å². The number of para-hydroxylation sites is 1. The van der Waals surface area contributed by atoms with Gasteiger partial charge in [-0.2, -0.15) is 13.2 Å². The van der Waals surface area contributed by atoms with E-state index >= 15 is 0 Å². The zero-order valence-corrected chi connectivity index (χ0v) is 18.1. The Labute approximate surface area is 184 Å². The van der Waals surface area contributed by atoms with Crippen LogP contribution in [0.3, 0.4) is 0 Å². The fourth-order valence-electron chi connectivity index (χ4n) is 3.69. The third-order valence-corrected chi connectivity index (χ3v) is 5.63. The van der Waals surface area contributed by atoms with E-state index in [1.165, 1.54) is 18.1 Å². The Morgan fingerprint density at radius 1 is 1.25 bits per heavy atom. The monoisotopic (exact) mass is 449 g/mol. The first-order valence-corrected chi connectivity index (χ1v) is 10.3. The van der Waals surface area contributed by atoms with Crippen LogP contribution >= 0.6 is 0 Å². The van der Waals surface area contributed by atoms with Gasteiger partial charge in [-0.15, -0.1) is 0 Å². The largest absolute Gasteiger partial charge is 0.496 e. The highest BCUT2D eigenvalue weighted by Crippen LogP contribution is 2.35. The van der Waals surface area contributed by atoms with Gasteiger partial charge in [-0.25, -0.2) is 0 Å². The van der Waals surface area contributed by atoms with Crippen molar-refractivity contribution >= 4 is 17.5 Å². The number of halogens is 3. The standard InChI is InChI=1S/C23H26F3N3O3/c1-14(27-2)21(30)28-18-10-8-15-6-4-5-7-19(15)29(22(18)31)13-16-12-17(23(24,25)26)9-11-20(16)32-3/h4-7,9,11-12,14,18,27H,8,10,13H2,1-3H3,(H,28,30). The van der Waals surface area contributed by atoms with Crippen molar-refractivity contribution in [3.8, 4) is 5.75 Å². The third kappa shape index (κ3) is 5.04. The number of rotatable bonds is 6. The van der Waals surface area contributed by atoms with E-state index in [4.69, 9.17) is 4.74 Å². The Morgan fingerprint density at radius 3 is 2.62 bits per heavy atom. The average Bonchev–Trinajstić information content (AvgIpc) is 2.90. The second kappa shape index (κ2) is 9.60. The predicted molar refractivity (Wildman–Crippen MR) is 114 cm³/mol. The Bertz CT molecular complexity index is 994. The molecule has 2 aromatic carbocycles. The lowest BCUT2D eigenvalue weighted by atomic mass is 10.1. The summed E-state index contributed by atoms with van der Waals surface area (Å²) in [6, 6.07) is 9.14. The number of anilines is 1. The molecule has 2 amide bonds. The lowest BCUT2D eigenvalue weighted by Crippen LogP contribution is -2.52. The molecule has 1 heterocycles. The number of methoxy groups -OCH3 is 1. The van der Waals surface area contributed by atoms with E-state index in [0.29, 0.717) is 18.5 Å². The molecule has 1 aliphatic rings. The first kappa shape index (κ1) is 23.6. The molecule has 2 aromatic rings. The molecule has 0 fully saturated rings. The molecule has 1 aliphatic heterocycles. The zero-order valence-electron chi connectivity index (χ0n) is 18.1. The maximum absolute atomic E-state index is 13.5. The molecule has 3 rings (SSSR count). The average molecular weight is 449 g/mol. The number of hydrogen-bond acceptors (Lipinski definition) is 4. The van der Waals surface area contributed by atoms with Gasteiger partial charge in [0.25, 0.3) is 0 Å². The maximum Gasteiger partial charge on any atom is 0.416 e. The number of likely N-dealkylation sites (N-methyl/N-ethyl adjacent to an activating group) is 1. The lowest BCUT2D eigenvalue weighted by molar-refractivity contribution is -0.137. The highest BCUT2D eigenvalue weighted by atomic mass is 19.4. The van der Waals surface area contributed by atoms with Gasteiger partial charge < -0.3 is 20.3 Å². The summed E-state index contributed by atoms with van der Waals surface area (Å²) in [5, 5.41) is 5.60. The van der Waals surface area contributed by atoms with Crippen LogP contribution in [-0.2, 0) is 28.7 Å². The number of ether oxygens (including phenoxy) is 1. The molecule has 2 N–H and O–H groups in total. The van der Waals surface area contributed by atoms with Crippen LogP contribution in [0, 0.1) is 0 Å². The second-order valence-electron chi connectivity index (χ2n) is 7.69. The Morgan fingerprint density at radius 2 is 1.97 bits per heavy atom. The molecule has 0 aliphatic carbocycles. The van der Waals surface area contributed by atoms with Gasteiger partial charge in [-0.05, 0) is 56.6 Å². The minimum atomic E-state index is -4.53. The van der Waals surface area contributed by atoms with Crippen LogP contribution in [0.15, 0.2) is 42.5 Å². The summed E-state index contributed by atoms with van der Waals surface area (Å²) in [4.78, 5) is 27.3. The van der Waals surface area contributed by atoms with Gasteiger partial charge in [0.1, 0.15) is 11.8 Å². The first-order valence-electron chi connectivity index (χ1n) is 10.3. The van der Waals surface area contributed by atoms with Gasteiger partial charge in [0.2, 0.25) is 11.8 Å². The number of nitrogens with one attached hydrogen (secondary N) is 2. The normalized spacial score (nSPS) is 17.4. The third-order valence-electron chi connectivity index (χ3n) is 5.63. The number of benzene rings is 2. The number of nitrogens with zero attached hydrogens (tertiary/aromatic N) is 1. The molecule has 0 spiro atoms. The van der Waals surface area contributed by atoms with Gasteiger partial charge in [0.05, 0.1) is 25.3 Å². The van der Waals surface area contributed by atoms with Gasteiger partial charge in [-0.1, -0.05) is 18.2 Å². The number of alkyl halides is 3. The maximum atomic E-state index is 13.5. The van der Waals surface area contributed by atoms with Gasteiger partial charge >= 0.3 is 6.18 Å². The van der Waals surface area contributed by atoms with Crippen LogP contribution < -0.4 is 20.3 Å². The van der Waals surface area contributed by atoms with Crippen molar-refractivity contribution in [3.63, 3.8) is 0 Å². The van der Waals surface area contributed by atoms with E-state index in [1.807, 2.05) is 12.1 Å². The van der Waals surface area contributed by atoms with Crippen LogP contribution in [0.4, 0.5) is 18.9 Å². The van der Waals surface area contributed by atoms with E-state index in [2.05, 4.69) is 10.6 Å². The van der Waals surface area contributed by atoms with E-state index in [-0.39, 0.29) is 29.7 Å². The van der Waals surface area contributed by atoms with Crippen molar-refractivity contribution in [1.29, 1.82) is 0 Å². The van der Waals surface area contributed by atoms with Crippen LogP contribution in [0.25, 0.3) is 0 Å². The van der Waals surface area contributed by atoms with Gasteiger partial charge in [0.15, 0.2) is 0 Å². The molecule has 9 heteroatoms. The van der Waals surface area contributed by atoms with Crippen molar-refractivity contribution in [2.24, 2.45) is 0 Å². The summed E-state index contributed by atoms with van der Waals surface area (Å²) in [5.74, 6) is -0.462. The predicted octanol–water partition coefficient (Wildman–Crippen LogP) is 3.29. The lowest BCUT2D eigenvalue weighted by Gasteiger charge is -2.28. The highest BCUT2D eigenvalue weighted by Gasteiger charge is 2.34. The summed E-state index contributed by atoms with van der Waals surface area (Å²) in [5.41, 5.74) is 0.887. The number of aryl methyl sites for hydroxylation is 1. The molecule has 0 aromatic heterocycles. The zero-order chi connectivity index (χ0) is 23.5. The summed E-state index contributed by atoms with van der Waals surface area (Å²) >= 11 is 0. The molecule has 0 saturated heterocycles. The molecule has 0 saturated carbocycles. The number of amides is 2. The van der Waals surface area contributed by atoms with Crippen LogP contribution in [0.1, 0.15) is 30.0 Å². The van der Waals surface area contributed by atoms with Gasteiger partial charge in [-0.3, -0.25) is 9.59 Å². The molecule has 172 valence electrons. The number of carbonyl (C=O) groups is 2. The van der Waals surface area contributed by atoms with Crippen molar-refractivity contribution in [3.05, 3.63) is 59.2 Å². The minimum Gasteiger partial charge on any atom is -0.496 e. The summed E-state index contributed by atoms with van der Waals surface area (Å²) in [6.45, 7) is 1.55. The van der Waals surface area contributed by atoms with Crippen LogP contribution in [0.5, 0.6) is 5.75 Å². The Balaban J connectivity index is 2.00. The second-order valence-corrected chi connectivity index (χ2v) is 7.69. The number of carbonyl (C=O) groups excluding carboxylic acids is 2. The van der Waals surface area contributed by atoms with E-state index < -0.39 is 23.8 Å².